The van der Waals surface area contributed by atoms with Gasteiger partial charge in [-0.05, 0) is 81.0 Å². The number of fused-ring (bicyclic) bond motifs is 5. The number of rotatable bonds is 1. The SMILES string of the molecule is CC(=O)[C@]1(O)[C@@H](C)C[C@@H]2[C@H]3CC=C4C[C@@H](O)CC[C@@]4(C)[C@@H]3CC[C@]21C. The lowest BCUT2D eigenvalue weighted by Crippen LogP contribution is -2.58. The molecular weight excluding hydrogens is 312 g/mol. The molecule has 2 N–H and O–H groups in total. The first kappa shape index (κ1) is 17.7. The van der Waals surface area contributed by atoms with Crippen molar-refractivity contribution < 1.29 is 15.0 Å². The molecule has 0 amide bonds. The highest BCUT2D eigenvalue weighted by Gasteiger charge is 2.67. The molecule has 8 atom stereocenters. The van der Waals surface area contributed by atoms with Crippen molar-refractivity contribution in [3.63, 3.8) is 0 Å². The molecule has 0 heterocycles. The van der Waals surface area contributed by atoms with Crippen molar-refractivity contribution in [1.82, 2.24) is 0 Å². The van der Waals surface area contributed by atoms with Crippen LogP contribution in [-0.4, -0.2) is 27.7 Å². The minimum Gasteiger partial charge on any atom is -0.393 e. The molecular formula is C22H34O3. The van der Waals surface area contributed by atoms with Crippen LogP contribution in [0.1, 0.15) is 72.6 Å². The average molecular weight is 347 g/mol. The third-order valence-corrected chi connectivity index (χ3v) is 9.20. The number of ketones is 1. The highest BCUT2D eigenvalue weighted by Crippen LogP contribution is 2.68. The van der Waals surface area contributed by atoms with Crippen LogP contribution in [0.15, 0.2) is 11.6 Å². The van der Waals surface area contributed by atoms with Crippen molar-refractivity contribution >= 4 is 5.78 Å². The maximum Gasteiger partial charge on any atom is 0.162 e. The fourth-order valence-corrected chi connectivity index (χ4v) is 7.73. The third kappa shape index (κ3) is 2.09. The lowest BCUT2D eigenvalue weighted by molar-refractivity contribution is -0.165. The van der Waals surface area contributed by atoms with Crippen LogP contribution < -0.4 is 0 Å². The molecule has 4 aliphatic rings. The molecule has 140 valence electrons. The molecule has 4 rings (SSSR count). The van der Waals surface area contributed by atoms with Crippen molar-refractivity contribution in [1.29, 1.82) is 0 Å². The van der Waals surface area contributed by atoms with Gasteiger partial charge in [-0.2, -0.15) is 0 Å². The topological polar surface area (TPSA) is 57.5 Å². The molecule has 0 radical (unpaired) electrons. The van der Waals surface area contributed by atoms with Gasteiger partial charge in [0.25, 0.3) is 0 Å². The summed E-state index contributed by atoms with van der Waals surface area (Å²) in [5.41, 5.74) is 0.249. The van der Waals surface area contributed by atoms with E-state index >= 15 is 0 Å². The molecule has 3 heteroatoms. The molecule has 4 aliphatic carbocycles. The first-order chi connectivity index (χ1) is 11.6. The number of hydrogen-bond acceptors (Lipinski definition) is 3. The second-order valence-electron chi connectivity index (χ2n) is 10.1. The Labute approximate surface area is 151 Å². The Kier molecular flexibility index (Phi) is 3.84. The van der Waals surface area contributed by atoms with Gasteiger partial charge in [0.05, 0.1) is 6.10 Å². The lowest BCUT2D eigenvalue weighted by Gasteiger charge is -2.58. The molecule has 0 aliphatic heterocycles. The van der Waals surface area contributed by atoms with Gasteiger partial charge in [0.15, 0.2) is 5.78 Å². The molecule has 0 saturated heterocycles. The zero-order chi connectivity index (χ0) is 18.2. The molecule has 0 aromatic rings. The first-order valence-electron chi connectivity index (χ1n) is 10.3. The van der Waals surface area contributed by atoms with Gasteiger partial charge >= 0.3 is 0 Å². The fourth-order valence-electron chi connectivity index (χ4n) is 7.73. The van der Waals surface area contributed by atoms with E-state index in [9.17, 15) is 15.0 Å². The summed E-state index contributed by atoms with van der Waals surface area (Å²) in [7, 11) is 0. The predicted octanol–water partition coefficient (Wildman–Crippen LogP) is 3.88. The molecule has 0 aromatic carbocycles. The summed E-state index contributed by atoms with van der Waals surface area (Å²) in [6.45, 7) is 8.26. The number of hydrogen-bond donors (Lipinski definition) is 2. The van der Waals surface area contributed by atoms with Crippen LogP contribution in [0.3, 0.4) is 0 Å². The summed E-state index contributed by atoms with van der Waals surface area (Å²) in [6, 6.07) is 0. The standard InChI is InChI=1S/C22H34O3/c1-13-11-19-17-6-5-15-12-16(24)7-9-20(15,3)18(17)8-10-21(19,4)22(13,25)14(2)23/h5,13,16-19,24-25H,6-12H2,1-4H3/t13-,16-,17-,18+,19+,20+,21+,22+/m0/s1. The van der Waals surface area contributed by atoms with E-state index in [0.717, 1.165) is 44.9 Å². The van der Waals surface area contributed by atoms with Crippen molar-refractivity contribution in [3.8, 4) is 0 Å². The number of aliphatic hydroxyl groups excluding tert-OH is 1. The van der Waals surface area contributed by atoms with E-state index in [2.05, 4.69) is 26.8 Å². The number of Topliss-reactive ketones (excluding diaryl/α,β-unsaturated/α-hetero) is 1. The van der Waals surface area contributed by atoms with Crippen LogP contribution in [-0.2, 0) is 4.79 Å². The molecule has 3 saturated carbocycles. The fraction of sp³-hybridized carbons (Fsp3) is 0.864. The second kappa shape index (κ2) is 5.42. The molecule has 0 unspecified atom stereocenters. The van der Waals surface area contributed by atoms with Crippen LogP contribution in [0.4, 0.5) is 0 Å². The smallest absolute Gasteiger partial charge is 0.162 e. The third-order valence-electron chi connectivity index (χ3n) is 9.20. The Bertz CT molecular complexity index is 625. The number of carbonyl (C=O) groups excluding carboxylic acids is 1. The molecule has 3 nitrogen and oxygen atoms in total. The molecule has 0 aromatic heterocycles. The van der Waals surface area contributed by atoms with E-state index < -0.39 is 5.60 Å². The Morgan fingerprint density at radius 2 is 1.92 bits per heavy atom. The minimum atomic E-state index is -1.16. The molecule has 0 spiro atoms. The van der Waals surface area contributed by atoms with Crippen molar-refractivity contribution in [2.45, 2.75) is 84.3 Å². The summed E-state index contributed by atoms with van der Waals surface area (Å²) in [5, 5.41) is 21.5. The largest absolute Gasteiger partial charge is 0.393 e. The van der Waals surface area contributed by atoms with E-state index in [-0.39, 0.29) is 28.6 Å². The van der Waals surface area contributed by atoms with E-state index in [1.165, 1.54) is 5.57 Å². The van der Waals surface area contributed by atoms with Crippen LogP contribution in [0.2, 0.25) is 0 Å². The van der Waals surface area contributed by atoms with Gasteiger partial charge in [0, 0.05) is 5.41 Å². The Morgan fingerprint density at radius 1 is 1.20 bits per heavy atom. The van der Waals surface area contributed by atoms with Crippen molar-refractivity contribution in [2.75, 3.05) is 0 Å². The average Bonchev–Trinajstić information content (AvgIpc) is 2.77. The van der Waals surface area contributed by atoms with E-state index in [0.29, 0.717) is 17.8 Å². The van der Waals surface area contributed by atoms with Gasteiger partial charge in [0.2, 0.25) is 0 Å². The van der Waals surface area contributed by atoms with Gasteiger partial charge in [-0.25, -0.2) is 0 Å². The highest BCUT2D eigenvalue weighted by molar-refractivity contribution is 5.86. The van der Waals surface area contributed by atoms with Crippen molar-refractivity contribution in [2.24, 2.45) is 34.5 Å². The first-order valence-corrected chi connectivity index (χ1v) is 10.3. The van der Waals surface area contributed by atoms with Crippen LogP contribution in [0.25, 0.3) is 0 Å². The minimum absolute atomic E-state index is 0.0394. The van der Waals surface area contributed by atoms with Gasteiger partial charge in [-0.1, -0.05) is 32.4 Å². The summed E-state index contributed by atoms with van der Waals surface area (Å²) in [5.74, 6) is 1.64. The van der Waals surface area contributed by atoms with Gasteiger partial charge in [-0.3, -0.25) is 4.79 Å². The number of aliphatic hydroxyl groups is 2. The molecule has 3 fully saturated rings. The van der Waals surface area contributed by atoms with Gasteiger partial charge in [-0.15, -0.1) is 0 Å². The quantitative estimate of drug-likeness (QED) is 0.709. The Morgan fingerprint density at radius 3 is 2.60 bits per heavy atom. The summed E-state index contributed by atoms with van der Waals surface area (Å²) < 4.78 is 0. The molecule has 25 heavy (non-hydrogen) atoms. The zero-order valence-electron chi connectivity index (χ0n) is 16.2. The highest BCUT2D eigenvalue weighted by atomic mass is 16.3. The van der Waals surface area contributed by atoms with Gasteiger partial charge < -0.3 is 10.2 Å². The van der Waals surface area contributed by atoms with E-state index in [4.69, 9.17) is 0 Å². The van der Waals surface area contributed by atoms with Crippen molar-refractivity contribution in [3.05, 3.63) is 11.6 Å². The summed E-state index contributed by atoms with van der Waals surface area (Å²) in [6.07, 6.45) is 9.15. The Balaban J connectivity index is 1.72. The number of carbonyl (C=O) groups is 1. The second-order valence-corrected chi connectivity index (χ2v) is 10.1. The maximum atomic E-state index is 12.4. The monoisotopic (exact) mass is 346 g/mol. The van der Waals surface area contributed by atoms with Gasteiger partial charge in [0.1, 0.15) is 5.60 Å². The lowest BCUT2D eigenvalue weighted by atomic mass is 9.46. The van der Waals surface area contributed by atoms with E-state index in [1.54, 1.807) is 6.92 Å². The summed E-state index contributed by atoms with van der Waals surface area (Å²) in [4.78, 5) is 12.4. The maximum absolute atomic E-state index is 12.4. The zero-order valence-corrected chi connectivity index (χ0v) is 16.2. The number of allylic oxidation sites excluding steroid dienone is 1. The molecule has 0 bridgehead atoms. The Hall–Kier alpha value is -0.670. The normalized spacial score (nSPS) is 55.0. The van der Waals surface area contributed by atoms with Crippen LogP contribution >= 0.6 is 0 Å². The summed E-state index contributed by atoms with van der Waals surface area (Å²) >= 11 is 0. The van der Waals surface area contributed by atoms with Crippen LogP contribution in [0.5, 0.6) is 0 Å². The van der Waals surface area contributed by atoms with Crippen LogP contribution in [0, 0.1) is 34.5 Å². The predicted molar refractivity (Wildman–Crippen MR) is 97.9 cm³/mol. The van der Waals surface area contributed by atoms with E-state index in [1.807, 2.05) is 0 Å².